The molecule has 3 unspecified atom stereocenters. The quantitative estimate of drug-likeness (QED) is 0.804. The van der Waals surface area contributed by atoms with Crippen LogP contribution in [0.4, 0.5) is 0 Å². The van der Waals surface area contributed by atoms with Gasteiger partial charge in [-0.15, -0.1) is 0 Å². The molecule has 2 fully saturated rings. The minimum Gasteiger partial charge on any atom is -0.396 e. The SMILES string of the molecule is CCCC1CCC(CN)C(N2CCC(CO)CC2)C1. The summed E-state index contributed by atoms with van der Waals surface area (Å²) in [7, 11) is 0. The van der Waals surface area contributed by atoms with Gasteiger partial charge in [-0.25, -0.2) is 0 Å². The number of hydrogen-bond donors (Lipinski definition) is 2. The third kappa shape index (κ3) is 3.93. The second-order valence-electron chi connectivity index (χ2n) is 6.69. The summed E-state index contributed by atoms with van der Waals surface area (Å²) in [6.45, 7) is 5.87. The van der Waals surface area contributed by atoms with Gasteiger partial charge in [-0.1, -0.05) is 26.2 Å². The molecule has 0 aromatic heterocycles. The lowest BCUT2D eigenvalue weighted by Gasteiger charge is -2.45. The minimum absolute atomic E-state index is 0.372. The van der Waals surface area contributed by atoms with Crippen LogP contribution in [0.3, 0.4) is 0 Å². The second kappa shape index (κ2) is 7.61. The Hall–Kier alpha value is -0.120. The topological polar surface area (TPSA) is 49.5 Å². The van der Waals surface area contributed by atoms with Gasteiger partial charge in [0.15, 0.2) is 0 Å². The number of likely N-dealkylation sites (tertiary alicyclic amines) is 1. The fraction of sp³-hybridized carbons (Fsp3) is 1.00. The van der Waals surface area contributed by atoms with Gasteiger partial charge in [0, 0.05) is 12.6 Å². The summed E-state index contributed by atoms with van der Waals surface area (Å²) in [4.78, 5) is 2.69. The van der Waals surface area contributed by atoms with Gasteiger partial charge in [0.05, 0.1) is 0 Å². The highest BCUT2D eigenvalue weighted by Gasteiger charge is 2.34. The smallest absolute Gasteiger partial charge is 0.0460 e. The number of nitrogens with zero attached hydrogens (tertiary/aromatic N) is 1. The lowest BCUT2D eigenvalue weighted by Crippen LogP contribution is -2.50. The van der Waals surface area contributed by atoms with Crippen LogP contribution in [0, 0.1) is 17.8 Å². The zero-order valence-corrected chi connectivity index (χ0v) is 12.6. The molecule has 3 nitrogen and oxygen atoms in total. The predicted octanol–water partition coefficient (Wildman–Crippen LogP) is 2.23. The van der Waals surface area contributed by atoms with Crippen molar-refractivity contribution in [3.05, 3.63) is 0 Å². The summed E-state index contributed by atoms with van der Waals surface area (Å²) < 4.78 is 0. The maximum atomic E-state index is 9.26. The largest absolute Gasteiger partial charge is 0.396 e. The van der Waals surface area contributed by atoms with E-state index in [1.165, 1.54) is 58.0 Å². The van der Waals surface area contributed by atoms with Crippen molar-refractivity contribution < 1.29 is 5.11 Å². The molecule has 3 heteroatoms. The Morgan fingerprint density at radius 3 is 2.42 bits per heavy atom. The van der Waals surface area contributed by atoms with E-state index in [0.29, 0.717) is 18.4 Å². The van der Waals surface area contributed by atoms with Gasteiger partial charge in [0.2, 0.25) is 0 Å². The number of aliphatic hydroxyl groups excluding tert-OH is 1. The summed E-state index contributed by atoms with van der Waals surface area (Å²) in [5, 5.41) is 9.26. The van der Waals surface area contributed by atoms with Gasteiger partial charge in [0.25, 0.3) is 0 Å². The Morgan fingerprint density at radius 2 is 1.84 bits per heavy atom. The fourth-order valence-electron chi connectivity index (χ4n) is 4.15. The highest BCUT2D eigenvalue weighted by atomic mass is 16.3. The van der Waals surface area contributed by atoms with Crippen molar-refractivity contribution in [3.63, 3.8) is 0 Å². The van der Waals surface area contributed by atoms with Gasteiger partial charge >= 0.3 is 0 Å². The molecular formula is C16H32N2O. The highest BCUT2D eigenvalue weighted by Crippen LogP contribution is 2.35. The zero-order valence-electron chi connectivity index (χ0n) is 12.6. The van der Waals surface area contributed by atoms with Crippen molar-refractivity contribution in [2.24, 2.45) is 23.5 Å². The van der Waals surface area contributed by atoms with E-state index < -0.39 is 0 Å². The molecule has 0 radical (unpaired) electrons. The first-order valence-electron chi connectivity index (χ1n) is 8.33. The molecule has 3 atom stereocenters. The van der Waals surface area contributed by atoms with Crippen LogP contribution >= 0.6 is 0 Å². The van der Waals surface area contributed by atoms with E-state index in [1.54, 1.807) is 0 Å². The van der Waals surface area contributed by atoms with Gasteiger partial charge in [-0.05, 0) is 63.1 Å². The van der Waals surface area contributed by atoms with Crippen LogP contribution in [0.5, 0.6) is 0 Å². The molecule has 112 valence electrons. The van der Waals surface area contributed by atoms with E-state index in [9.17, 15) is 5.11 Å². The summed E-state index contributed by atoms with van der Waals surface area (Å²) in [6, 6.07) is 0.718. The van der Waals surface area contributed by atoms with Crippen molar-refractivity contribution in [2.45, 2.75) is 57.9 Å². The number of nitrogens with two attached hydrogens (primary N) is 1. The summed E-state index contributed by atoms with van der Waals surface area (Å²) in [5.74, 6) is 2.18. The van der Waals surface area contributed by atoms with Crippen molar-refractivity contribution in [2.75, 3.05) is 26.2 Å². The number of rotatable bonds is 5. The van der Waals surface area contributed by atoms with Crippen LogP contribution in [0.15, 0.2) is 0 Å². The molecule has 1 aliphatic carbocycles. The predicted molar refractivity (Wildman–Crippen MR) is 80.0 cm³/mol. The zero-order chi connectivity index (χ0) is 13.7. The van der Waals surface area contributed by atoms with Crippen LogP contribution in [0.1, 0.15) is 51.9 Å². The Kier molecular flexibility index (Phi) is 6.11. The molecule has 0 spiro atoms. The first kappa shape index (κ1) is 15.3. The first-order chi connectivity index (χ1) is 9.28. The fourth-order valence-corrected chi connectivity index (χ4v) is 4.15. The van der Waals surface area contributed by atoms with Crippen molar-refractivity contribution >= 4 is 0 Å². The molecule has 1 aliphatic heterocycles. The number of piperidine rings is 1. The second-order valence-corrected chi connectivity index (χ2v) is 6.69. The van der Waals surface area contributed by atoms with E-state index in [1.807, 2.05) is 0 Å². The maximum Gasteiger partial charge on any atom is 0.0460 e. The molecule has 2 rings (SSSR count). The standard InChI is InChI=1S/C16H32N2O/c1-2-3-13-4-5-15(11-17)16(10-13)18-8-6-14(12-19)7-9-18/h13-16,19H,2-12,17H2,1H3. The number of hydrogen-bond acceptors (Lipinski definition) is 3. The van der Waals surface area contributed by atoms with Crippen molar-refractivity contribution in [1.29, 1.82) is 0 Å². The molecule has 1 saturated heterocycles. The van der Waals surface area contributed by atoms with Crippen molar-refractivity contribution in [3.8, 4) is 0 Å². The van der Waals surface area contributed by atoms with Crippen LogP contribution in [-0.4, -0.2) is 42.3 Å². The Labute approximate surface area is 118 Å². The molecule has 0 bridgehead atoms. The van der Waals surface area contributed by atoms with Crippen LogP contribution in [0.2, 0.25) is 0 Å². The Balaban J connectivity index is 1.90. The molecule has 0 aromatic rings. The summed E-state index contributed by atoms with van der Waals surface area (Å²) in [5.41, 5.74) is 6.01. The van der Waals surface area contributed by atoms with Crippen LogP contribution in [0.25, 0.3) is 0 Å². The number of aliphatic hydroxyl groups is 1. The van der Waals surface area contributed by atoms with Gasteiger partial charge in [-0.2, -0.15) is 0 Å². The average molecular weight is 268 g/mol. The van der Waals surface area contributed by atoms with E-state index in [4.69, 9.17) is 5.73 Å². The third-order valence-electron chi connectivity index (χ3n) is 5.44. The summed E-state index contributed by atoms with van der Waals surface area (Å²) >= 11 is 0. The lowest BCUT2D eigenvalue weighted by molar-refractivity contribution is 0.0404. The van der Waals surface area contributed by atoms with Gasteiger partial charge < -0.3 is 15.7 Å². The highest BCUT2D eigenvalue weighted by molar-refractivity contribution is 4.89. The molecule has 1 heterocycles. The summed E-state index contributed by atoms with van der Waals surface area (Å²) in [6.07, 6.45) is 9.12. The molecule has 2 aliphatic rings. The average Bonchev–Trinajstić information content (AvgIpc) is 2.47. The lowest BCUT2D eigenvalue weighted by atomic mass is 9.75. The van der Waals surface area contributed by atoms with E-state index in [2.05, 4.69) is 11.8 Å². The third-order valence-corrected chi connectivity index (χ3v) is 5.44. The van der Waals surface area contributed by atoms with Crippen LogP contribution in [-0.2, 0) is 0 Å². The first-order valence-corrected chi connectivity index (χ1v) is 8.33. The molecule has 3 N–H and O–H groups in total. The van der Waals surface area contributed by atoms with E-state index in [-0.39, 0.29) is 0 Å². The molecule has 0 amide bonds. The van der Waals surface area contributed by atoms with Crippen LogP contribution < -0.4 is 5.73 Å². The Bertz CT molecular complexity index is 251. The molecule has 0 aromatic carbocycles. The van der Waals surface area contributed by atoms with Gasteiger partial charge in [0.1, 0.15) is 0 Å². The maximum absolute atomic E-state index is 9.26. The minimum atomic E-state index is 0.372. The normalized spacial score (nSPS) is 34.6. The van der Waals surface area contributed by atoms with E-state index in [0.717, 1.165) is 18.5 Å². The molecule has 1 saturated carbocycles. The van der Waals surface area contributed by atoms with Gasteiger partial charge in [-0.3, -0.25) is 0 Å². The molecule has 19 heavy (non-hydrogen) atoms. The monoisotopic (exact) mass is 268 g/mol. The van der Waals surface area contributed by atoms with E-state index >= 15 is 0 Å². The molecular weight excluding hydrogens is 236 g/mol. The van der Waals surface area contributed by atoms with Crippen molar-refractivity contribution in [1.82, 2.24) is 4.90 Å². The Morgan fingerprint density at radius 1 is 1.11 bits per heavy atom.